The zero-order chi connectivity index (χ0) is 16.8. The van der Waals surface area contributed by atoms with Gasteiger partial charge in [-0.2, -0.15) is 0 Å². The van der Waals surface area contributed by atoms with Crippen LogP contribution in [-0.2, 0) is 32.2 Å². The van der Waals surface area contributed by atoms with Crippen LogP contribution in [0, 0.1) is 0 Å². The number of cyclic esters (lactones) is 1. The van der Waals surface area contributed by atoms with Gasteiger partial charge in [-0.05, 0) is 11.1 Å². The summed E-state index contributed by atoms with van der Waals surface area (Å²) in [6.45, 7) is 0.690. The molecule has 0 aliphatic carbocycles. The van der Waals surface area contributed by atoms with Crippen molar-refractivity contribution < 1.29 is 23.4 Å². The highest BCUT2D eigenvalue weighted by atomic mass is 19.1. The first kappa shape index (κ1) is 16.6. The summed E-state index contributed by atoms with van der Waals surface area (Å²) < 4.78 is 30.2. The molecule has 5 heteroatoms. The molecule has 0 aromatic heterocycles. The highest BCUT2D eigenvalue weighted by Crippen LogP contribution is 2.24. The molecule has 0 saturated carbocycles. The topological polar surface area (TPSA) is 44.8 Å². The van der Waals surface area contributed by atoms with Gasteiger partial charge in [0.25, 0.3) is 0 Å². The second-order valence-corrected chi connectivity index (χ2v) is 5.64. The molecule has 0 spiro atoms. The minimum atomic E-state index is -1.78. The lowest BCUT2D eigenvalue weighted by Gasteiger charge is -2.19. The predicted molar refractivity (Wildman–Crippen MR) is 85.9 cm³/mol. The van der Waals surface area contributed by atoms with Gasteiger partial charge in [-0.15, -0.1) is 0 Å². The Balaban J connectivity index is 1.53. The molecule has 1 saturated heterocycles. The van der Waals surface area contributed by atoms with Crippen molar-refractivity contribution in [3.05, 3.63) is 71.8 Å². The Hall–Kier alpha value is -2.24. The van der Waals surface area contributed by atoms with Crippen LogP contribution in [0.25, 0.3) is 0 Å². The number of rotatable bonds is 7. The highest BCUT2D eigenvalue weighted by Gasteiger charge is 2.46. The van der Waals surface area contributed by atoms with Crippen LogP contribution in [0.2, 0.25) is 0 Å². The fourth-order valence-corrected chi connectivity index (χ4v) is 2.56. The Morgan fingerprint density at radius 1 is 0.917 bits per heavy atom. The van der Waals surface area contributed by atoms with Gasteiger partial charge < -0.3 is 14.2 Å². The van der Waals surface area contributed by atoms with E-state index in [1.54, 1.807) is 0 Å². The van der Waals surface area contributed by atoms with Crippen LogP contribution >= 0.6 is 0 Å². The van der Waals surface area contributed by atoms with Gasteiger partial charge in [0.2, 0.25) is 6.17 Å². The number of benzene rings is 2. The van der Waals surface area contributed by atoms with E-state index in [-0.39, 0.29) is 13.2 Å². The molecule has 1 unspecified atom stereocenters. The first-order chi connectivity index (χ1) is 11.7. The van der Waals surface area contributed by atoms with Gasteiger partial charge in [-0.3, -0.25) is 0 Å². The molecule has 1 fully saturated rings. The highest BCUT2D eigenvalue weighted by molar-refractivity contribution is 5.78. The Morgan fingerprint density at radius 2 is 1.50 bits per heavy atom. The number of esters is 1. The van der Waals surface area contributed by atoms with Crippen molar-refractivity contribution in [2.45, 2.75) is 31.6 Å². The molecule has 0 radical (unpaired) electrons. The Bertz CT molecular complexity index is 647. The van der Waals surface area contributed by atoms with Gasteiger partial charge in [0.15, 0.2) is 6.10 Å². The maximum absolute atomic E-state index is 14.0. The summed E-state index contributed by atoms with van der Waals surface area (Å²) in [5.41, 5.74) is 1.91. The van der Waals surface area contributed by atoms with Gasteiger partial charge in [0.1, 0.15) is 6.10 Å². The zero-order valence-electron chi connectivity index (χ0n) is 13.1. The van der Waals surface area contributed by atoms with Crippen molar-refractivity contribution in [2.75, 3.05) is 6.61 Å². The molecule has 0 amide bonds. The van der Waals surface area contributed by atoms with Gasteiger partial charge in [-0.25, -0.2) is 9.18 Å². The molecule has 24 heavy (non-hydrogen) atoms. The second kappa shape index (κ2) is 8.04. The van der Waals surface area contributed by atoms with E-state index in [9.17, 15) is 9.18 Å². The summed E-state index contributed by atoms with van der Waals surface area (Å²) in [6.07, 6.45) is -3.47. The maximum Gasteiger partial charge on any atom is 0.344 e. The monoisotopic (exact) mass is 330 g/mol. The average Bonchev–Trinajstić information content (AvgIpc) is 2.89. The number of halogens is 1. The van der Waals surface area contributed by atoms with Gasteiger partial charge in [0.05, 0.1) is 19.8 Å². The number of carbonyl (C=O) groups is 1. The molecule has 1 heterocycles. The number of hydrogen-bond donors (Lipinski definition) is 0. The van der Waals surface area contributed by atoms with Gasteiger partial charge in [0, 0.05) is 0 Å². The van der Waals surface area contributed by atoms with Crippen molar-refractivity contribution in [3.63, 3.8) is 0 Å². The standard InChI is InChI=1S/C19H19FO4/c20-17-18(23-12-15-9-5-2-6-10-15)16(24-19(17)21)13-22-11-14-7-3-1-4-8-14/h1-10,16-18H,11-13H2/t16-,17?,18-/m1/s1. The molecule has 1 aliphatic heterocycles. The summed E-state index contributed by atoms with van der Waals surface area (Å²) in [5, 5.41) is 0. The molecule has 126 valence electrons. The van der Waals surface area contributed by atoms with Crippen LogP contribution < -0.4 is 0 Å². The van der Waals surface area contributed by atoms with Crippen LogP contribution in [-0.4, -0.2) is 31.0 Å². The minimum Gasteiger partial charge on any atom is -0.455 e. The predicted octanol–water partition coefficient (Wildman–Crippen LogP) is 3.05. The molecular weight excluding hydrogens is 311 g/mol. The summed E-state index contributed by atoms with van der Waals surface area (Å²) in [4.78, 5) is 11.5. The Labute approximate surface area is 140 Å². The summed E-state index contributed by atoms with van der Waals surface area (Å²) in [6, 6.07) is 19.0. The summed E-state index contributed by atoms with van der Waals surface area (Å²) in [7, 11) is 0. The van der Waals surface area contributed by atoms with E-state index in [1.165, 1.54) is 0 Å². The second-order valence-electron chi connectivity index (χ2n) is 5.64. The van der Waals surface area contributed by atoms with Crippen LogP contribution in [0.4, 0.5) is 4.39 Å². The van der Waals surface area contributed by atoms with E-state index >= 15 is 0 Å². The zero-order valence-corrected chi connectivity index (χ0v) is 13.1. The third-order valence-electron chi connectivity index (χ3n) is 3.83. The number of carbonyl (C=O) groups excluding carboxylic acids is 1. The maximum atomic E-state index is 14.0. The van der Waals surface area contributed by atoms with Crippen LogP contribution in [0.5, 0.6) is 0 Å². The molecule has 0 N–H and O–H groups in total. The summed E-state index contributed by atoms with van der Waals surface area (Å²) in [5.74, 6) is -0.888. The van der Waals surface area contributed by atoms with Gasteiger partial charge in [-0.1, -0.05) is 60.7 Å². The lowest BCUT2D eigenvalue weighted by Crippen LogP contribution is -2.34. The number of alkyl halides is 1. The first-order valence-corrected chi connectivity index (χ1v) is 7.86. The average molecular weight is 330 g/mol. The fourth-order valence-electron chi connectivity index (χ4n) is 2.56. The molecule has 1 aliphatic rings. The summed E-state index contributed by atoms with van der Waals surface area (Å²) >= 11 is 0. The van der Waals surface area contributed by atoms with Crippen molar-refractivity contribution >= 4 is 5.97 Å². The van der Waals surface area contributed by atoms with E-state index in [0.29, 0.717) is 6.61 Å². The molecule has 2 aromatic rings. The van der Waals surface area contributed by atoms with Crippen molar-refractivity contribution in [1.82, 2.24) is 0 Å². The van der Waals surface area contributed by atoms with E-state index in [4.69, 9.17) is 14.2 Å². The van der Waals surface area contributed by atoms with Crippen LogP contribution in [0.15, 0.2) is 60.7 Å². The van der Waals surface area contributed by atoms with Gasteiger partial charge >= 0.3 is 5.97 Å². The van der Waals surface area contributed by atoms with Crippen LogP contribution in [0.3, 0.4) is 0 Å². The van der Waals surface area contributed by atoms with E-state index in [2.05, 4.69) is 0 Å². The molecule has 3 atom stereocenters. The van der Waals surface area contributed by atoms with Crippen LogP contribution in [0.1, 0.15) is 11.1 Å². The molecular formula is C19H19FO4. The first-order valence-electron chi connectivity index (χ1n) is 7.86. The minimum absolute atomic E-state index is 0.0977. The largest absolute Gasteiger partial charge is 0.455 e. The van der Waals surface area contributed by atoms with Crippen molar-refractivity contribution in [2.24, 2.45) is 0 Å². The number of ether oxygens (including phenoxy) is 3. The molecule has 0 bridgehead atoms. The Kier molecular flexibility index (Phi) is 5.56. The fraction of sp³-hybridized carbons (Fsp3) is 0.316. The van der Waals surface area contributed by atoms with E-state index in [0.717, 1.165) is 11.1 Å². The van der Waals surface area contributed by atoms with Crippen molar-refractivity contribution in [1.29, 1.82) is 0 Å². The number of hydrogen-bond acceptors (Lipinski definition) is 4. The molecule has 2 aromatic carbocycles. The van der Waals surface area contributed by atoms with Crippen molar-refractivity contribution in [3.8, 4) is 0 Å². The molecule has 4 nitrogen and oxygen atoms in total. The quantitative estimate of drug-likeness (QED) is 0.732. The molecule has 3 rings (SSSR count). The lowest BCUT2D eigenvalue weighted by molar-refractivity contribution is -0.147. The Morgan fingerprint density at radius 3 is 2.12 bits per heavy atom. The van der Waals surface area contributed by atoms with E-state index < -0.39 is 24.3 Å². The third-order valence-corrected chi connectivity index (χ3v) is 3.83. The third kappa shape index (κ3) is 4.19. The van der Waals surface area contributed by atoms with E-state index in [1.807, 2.05) is 60.7 Å². The smallest absolute Gasteiger partial charge is 0.344 e. The lowest BCUT2D eigenvalue weighted by atomic mass is 10.1. The SMILES string of the molecule is O=C1O[C@H](COCc2ccccc2)[C@@H](OCc2ccccc2)C1F. The normalized spacial score (nSPS) is 23.2.